The Kier molecular flexibility index (Phi) is 9.99. The maximum absolute atomic E-state index is 12.0. The number of likely N-dealkylation sites (N-methyl/N-ethyl adjacent to an activating group) is 1. The fourth-order valence-electron chi connectivity index (χ4n) is 3.57. The molecule has 0 aromatic heterocycles. The highest BCUT2D eigenvalue weighted by molar-refractivity contribution is 5.98. The maximum atomic E-state index is 12.0. The van der Waals surface area contributed by atoms with Gasteiger partial charge in [-0.15, -0.1) is 0 Å². The van der Waals surface area contributed by atoms with Gasteiger partial charge in [0.15, 0.2) is 0 Å². The number of nitrogens with zero attached hydrogens (tertiary/aromatic N) is 1. The van der Waals surface area contributed by atoms with Gasteiger partial charge in [0, 0.05) is 37.2 Å². The predicted octanol–water partition coefficient (Wildman–Crippen LogP) is 3.16. The molecule has 32 heavy (non-hydrogen) atoms. The minimum atomic E-state index is -0.517. The number of hydrogen-bond acceptors (Lipinski definition) is 8. The van der Waals surface area contributed by atoms with E-state index in [1.807, 2.05) is 33.9 Å². The smallest absolute Gasteiger partial charge is 0.342 e. The molecule has 0 amide bonds. The van der Waals surface area contributed by atoms with Crippen LogP contribution in [0, 0.1) is 6.92 Å². The summed E-state index contributed by atoms with van der Waals surface area (Å²) in [5, 5.41) is 10.7. The van der Waals surface area contributed by atoms with E-state index in [2.05, 4.69) is 4.90 Å². The minimum Gasteiger partial charge on any atom is -0.507 e. The number of benzene rings is 1. The monoisotopic (exact) mass is 449 g/mol. The van der Waals surface area contributed by atoms with E-state index >= 15 is 0 Å². The molecule has 0 radical (unpaired) electrons. The minimum absolute atomic E-state index is 0.0955. The summed E-state index contributed by atoms with van der Waals surface area (Å²) in [4.78, 5) is 26.1. The molecule has 0 fully saturated rings. The van der Waals surface area contributed by atoms with Crippen LogP contribution in [0.25, 0.3) is 0 Å². The van der Waals surface area contributed by atoms with Crippen molar-refractivity contribution in [3.8, 4) is 11.5 Å². The van der Waals surface area contributed by atoms with Crippen LogP contribution in [0.3, 0.4) is 0 Å². The summed E-state index contributed by atoms with van der Waals surface area (Å²) in [7, 11) is 3.50. The van der Waals surface area contributed by atoms with Gasteiger partial charge in [-0.1, -0.05) is 11.6 Å². The second kappa shape index (κ2) is 12.5. The highest BCUT2D eigenvalue weighted by Gasteiger charge is 2.31. The molecule has 0 saturated heterocycles. The molecule has 1 aliphatic heterocycles. The highest BCUT2D eigenvalue weighted by Crippen LogP contribution is 2.42. The molecular weight excluding hydrogens is 414 g/mol. The average Bonchev–Trinajstić information content (AvgIpc) is 3.16. The molecule has 0 unspecified atom stereocenters. The molecule has 2 rings (SSSR count). The Labute approximate surface area is 190 Å². The summed E-state index contributed by atoms with van der Waals surface area (Å²) >= 11 is 0. The lowest BCUT2D eigenvalue weighted by Gasteiger charge is -2.16. The first-order chi connectivity index (χ1) is 15.3. The van der Waals surface area contributed by atoms with Crippen LogP contribution in [0.1, 0.15) is 53.7 Å². The van der Waals surface area contributed by atoms with Crippen LogP contribution in [0.4, 0.5) is 0 Å². The Bertz CT molecular complexity index is 847. The molecule has 1 aromatic carbocycles. The van der Waals surface area contributed by atoms with Crippen LogP contribution in [-0.2, 0) is 32.0 Å². The number of esters is 2. The number of methoxy groups -OCH3 is 1. The van der Waals surface area contributed by atoms with Crippen molar-refractivity contribution in [3.63, 3.8) is 0 Å². The summed E-state index contributed by atoms with van der Waals surface area (Å²) in [5.41, 5.74) is 3.21. The van der Waals surface area contributed by atoms with Crippen LogP contribution in [0.2, 0.25) is 0 Å². The van der Waals surface area contributed by atoms with E-state index in [1.54, 1.807) is 0 Å². The zero-order chi connectivity index (χ0) is 23.7. The van der Waals surface area contributed by atoms with Crippen molar-refractivity contribution in [2.24, 2.45) is 0 Å². The van der Waals surface area contributed by atoms with Crippen LogP contribution in [0.15, 0.2) is 11.6 Å². The van der Waals surface area contributed by atoms with E-state index in [0.717, 1.165) is 17.7 Å². The van der Waals surface area contributed by atoms with E-state index in [9.17, 15) is 14.7 Å². The average molecular weight is 450 g/mol. The van der Waals surface area contributed by atoms with Gasteiger partial charge in [0.1, 0.15) is 30.3 Å². The van der Waals surface area contributed by atoms with Gasteiger partial charge in [0.2, 0.25) is 0 Å². The Balaban J connectivity index is 1.87. The van der Waals surface area contributed by atoms with Crippen LogP contribution < -0.4 is 4.74 Å². The fraction of sp³-hybridized carbons (Fsp3) is 0.583. The number of phenolic OH excluding ortho intramolecular Hbond substituents is 1. The maximum Gasteiger partial charge on any atom is 0.342 e. The summed E-state index contributed by atoms with van der Waals surface area (Å²) in [6.45, 7) is 9.03. The van der Waals surface area contributed by atoms with Gasteiger partial charge < -0.3 is 29.0 Å². The molecule has 8 nitrogen and oxygen atoms in total. The lowest BCUT2D eigenvalue weighted by Crippen LogP contribution is -2.27. The zero-order valence-electron chi connectivity index (χ0n) is 19.8. The van der Waals surface area contributed by atoms with E-state index in [4.69, 9.17) is 18.9 Å². The summed E-state index contributed by atoms with van der Waals surface area (Å²) in [6.07, 6.45) is 3.14. The second-order valence-electron chi connectivity index (χ2n) is 7.89. The molecule has 0 atom stereocenters. The van der Waals surface area contributed by atoms with Crippen molar-refractivity contribution in [1.29, 1.82) is 0 Å². The van der Waals surface area contributed by atoms with E-state index in [-0.39, 0.29) is 30.3 Å². The van der Waals surface area contributed by atoms with Gasteiger partial charge in [-0.2, -0.15) is 0 Å². The lowest BCUT2D eigenvalue weighted by atomic mass is 9.94. The standard InChI is InChI=1S/C24H35NO7/c1-6-30-13-11-25(4)12-14-31-20(26)10-8-16(2)7-9-18-22(27)21-19(15-32-24(21)28)17(3)23(18)29-5/h7,27H,6,8-15H2,1-5H3/b16-7+. The van der Waals surface area contributed by atoms with Crippen molar-refractivity contribution in [1.82, 2.24) is 4.90 Å². The van der Waals surface area contributed by atoms with Gasteiger partial charge >= 0.3 is 11.9 Å². The SMILES string of the molecule is CCOCCN(C)CCOC(=O)CC/C(C)=C/Cc1c(O)c2c(c(C)c1OC)COC2=O. The Morgan fingerprint density at radius 2 is 1.97 bits per heavy atom. The van der Waals surface area contributed by atoms with E-state index in [0.29, 0.717) is 56.1 Å². The van der Waals surface area contributed by atoms with Gasteiger partial charge in [-0.3, -0.25) is 4.79 Å². The van der Waals surface area contributed by atoms with E-state index < -0.39 is 5.97 Å². The molecule has 0 bridgehead atoms. The molecule has 8 heteroatoms. The number of hydrogen-bond donors (Lipinski definition) is 1. The third kappa shape index (κ3) is 6.71. The Morgan fingerprint density at radius 1 is 1.25 bits per heavy atom. The number of fused-ring (bicyclic) bond motifs is 1. The van der Waals surface area contributed by atoms with Gasteiger partial charge in [-0.05, 0) is 46.2 Å². The van der Waals surface area contributed by atoms with Gasteiger partial charge in [-0.25, -0.2) is 4.79 Å². The number of carbonyl (C=O) groups excluding carboxylic acids is 2. The topological polar surface area (TPSA) is 94.5 Å². The number of cyclic esters (lactones) is 1. The normalized spacial score (nSPS) is 13.3. The summed E-state index contributed by atoms with van der Waals surface area (Å²) < 4.78 is 21.2. The first kappa shape index (κ1) is 25.7. The molecule has 0 spiro atoms. The van der Waals surface area contributed by atoms with Crippen LogP contribution >= 0.6 is 0 Å². The Morgan fingerprint density at radius 3 is 2.66 bits per heavy atom. The van der Waals surface area contributed by atoms with Gasteiger partial charge in [0.05, 0.1) is 13.7 Å². The lowest BCUT2D eigenvalue weighted by molar-refractivity contribution is -0.143. The molecule has 0 saturated carbocycles. The zero-order valence-corrected chi connectivity index (χ0v) is 19.8. The third-order valence-electron chi connectivity index (χ3n) is 5.58. The number of phenols is 1. The van der Waals surface area contributed by atoms with Crippen molar-refractivity contribution in [3.05, 3.63) is 33.9 Å². The largest absolute Gasteiger partial charge is 0.507 e. The van der Waals surface area contributed by atoms with Gasteiger partial charge in [0.25, 0.3) is 0 Å². The highest BCUT2D eigenvalue weighted by atomic mass is 16.5. The molecule has 1 heterocycles. The first-order valence-electron chi connectivity index (χ1n) is 11.0. The van der Waals surface area contributed by atoms with Crippen molar-refractivity contribution >= 4 is 11.9 Å². The molecular formula is C24H35NO7. The van der Waals surface area contributed by atoms with Crippen molar-refractivity contribution in [2.45, 2.75) is 46.6 Å². The quantitative estimate of drug-likeness (QED) is 0.279. The molecule has 0 aliphatic carbocycles. The van der Waals surface area contributed by atoms with Crippen LogP contribution in [0.5, 0.6) is 11.5 Å². The molecule has 1 N–H and O–H groups in total. The van der Waals surface area contributed by atoms with Crippen LogP contribution in [-0.4, -0.2) is 69.0 Å². The second-order valence-corrected chi connectivity index (χ2v) is 7.89. The molecule has 178 valence electrons. The summed E-state index contributed by atoms with van der Waals surface area (Å²) in [6, 6.07) is 0. The van der Waals surface area contributed by atoms with E-state index in [1.165, 1.54) is 7.11 Å². The first-order valence-corrected chi connectivity index (χ1v) is 11.0. The molecule has 1 aromatic rings. The number of carbonyl (C=O) groups is 2. The fourth-order valence-corrected chi connectivity index (χ4v) is 3.57. The number of ether oxygens (including phenoxy) is 4. The number of aromatic hydroxyl groups is 1. The number of allylic oxidation sites excluding steroid dienone is 2. The molecule has 1 aliphatic rings. The predicted molar refractivity (Wildman–Crippen MR) is 120 cm³/mol. The Hall–Kier alpha value is -2.58. The third-order valence-corrected chi connectivity index (χ3v) is 5.58. The number of rotatable bonds is 13. The van der Waals surface area contributed by atoms with Crippen molar-refractivity contribution in [2.75, 3.05) is 47.1 Å². The van der Waals surface area contributed by atoms with Crippen molar-refractivity contribution < 1.29 is 33.6 Å². The summed E-state index contributed by atoms with van der Waals surface area (Å²) in [5.74, 6) is -0.303.